The predicted molar refractivity (Wildman–Crippen MR) is 241 cm³/mol. The zero-order valence-corrected chi connectivity index (χ0v) is 37.3. The third-order valence-corrected chi connectivity index (χ3v) is 11.9. The molecule has 0 rings (SSSR count). The monoisotopic (exact) mass is 778 g/mol. The molecule has 55 heavy (non-hydrogen) atoms. The first-order chi connectivity index (χ1) is 27.1. The summed E-state index contributed by atoms with van der Waals surface area (Å²) in [6.07, 6.45) is 55.1. The van der Waals surface area contributed by atoms with E-state index in [0.29, 0.717) is 12.8 Å². The molecule has 0 spiro atoms. The summed E-state index contributed by atoms with van der Waals surface area (Å²) in [6.45, 7) is 4.17. The largest absolute Gasteiger partial charge is 0.394 e. The number of aliphatic hydroxyl groups excluding tert-OH is 3. The van der Waals surface area contributed by atoms with Gasteiger partial charge in [-0.15, -0.1) is 0 Å². The highest BCUT2D eigenvalue weighted by atomic mass is 16.3. The van der Waals surface area contributed by atoms with Gasteiger partial charge in [-0.25, -0.2) is 0 Å². The number of nitrogens with one attached hydrogen (secondary N) is 1. The Morgan fingerprint density at radius 1 is 0.436 bits per heavy atom. The molecular weight excluding hydrogens is 679 g/mol. The molecule has 0 radical (unpaired) electrons. The fourth-order valence-corrected chi connectivity index (χ4v) is 7.98. The van der Waals surface area contributed by atoms with Crippen molar-refractivity contribution in [3.63, 3.8) is 0 Å². The van der Waals surface area contributed by atoms with Crippen LogP contribution in [-0.4, -0.2) is 46.1 Å². The number of rotatable bonds is 46. The molecule has 0 bridgehead atoms. The van der Waals surface area contributed by atoms with Crippen molar-refractivity contribution in [3.8, 4) is 0 Å². The van der Waals surface area contributed by atoms with Crippen molar-refractivity contribution in [1.29, 1.82) is 0 Å². The Balaban J connectivity index is 3.44. The number of unbranched alkanes of at least 4 members (excludes halogenated alkanes) is 36. The Bertz CT molecular complexity index is 773. The molecule has 5 nitrogen and oxygen atoms in total. The summed E-state index contributed by atoms with van der Waals surface area (Å²) >= 11 is 0. The summed E-state index contributed by atoms with van der Waals surface area (Å²) in [4.78, 5) is 12.4. The van der Waals surface area contributed by atoms with Gasteiger partial charge in [0.05, 0.1) is 18.8 Å². The smallest absolute Gasteiger partial charge is 0.220 e. The zero-order chi connectivity index (χ0) is 40.1. The van der Waals surface area contributed by atoms with Gasteiger partial charge in [0.25, 0.3) is 0 Å². The lowest BCUT2D eigenvalue weighted by molar-refractivity contribution is -0.124. The highest BCUT2D eigenvalue weighted by Gasteiger charge is 2.26. The van der Waals surface area contributed by atoms with Crippen LogP contribution in [0.4, 0.5) is 0 Å². The van der Waals surface area contributed by atoms with Crippen LogP contribution in [0.3, 0.4) is 0 Å². The second kappa shape index (κ2) is 45.8. The third kappa shape index (κ3) is 41.1. The van der Waals surface area contributed by atoms with E-state index in [1.165, 1.54) is 212 Å². The summed E-state index contributed by atoms with van der Waals surface area (Å²) in [6, 6.07) is -0.803. The van der Waals surface area contributed by atoms with Crippen molar-refractivity contribution in [3.05, 3.63) is 12.2 Å². The second-order valence-electron chi connectivity index (χ2n) is 17.4. The van der Waals surface area contributed by atoms with Gasteiger partial charge in [0, 0.05) is 6.42 Å². The number of carbonyl (C=O) groups is 1. The Morgan fingerprint density at radius 2 is 0.727 bits per heavy atom. The average molecular weight is 778 g/mol. The normalized spacial score (nSPS) is 13.5. The average Bonchev–Trinajstić information content (AvgIpc) is 3.19. The van der Waals surface area contributed by atoms with Crippen molar-refractivity contribution >= 4 is 5.91 Å². The molecule has 3 atom stereocenters. The molecule has 328 valence electrons. The topological polar surface area (TPSA) is 89.8 Å². The molecular formula is C50H99NO4. The van der Waals surface area contributed by atoms with Crippen LogP contribution in [0.2, 0.25) is 0 Å². The Labute approximate surface area is 344 Å². The summed E-state index contributed by atoms with van der Waals surface area (Å²) in [5.41, 5.74) is 0. The Morgan fingerprint density at radius 3 is 1.05 bits per heavy atom. The fourth-order valence-electron chi connectivity index (χ4n) is 7.98. The minimum Gasteiger partial charge on any atom is -0.394 e. The highest BCUT2D eigenvalue weighted by Crippen LogP contribution is 2.17. The molecule has 0 aliphatic rings. The van der Waals surface area contributed by atoms with E-state index in [9.17, 15) is 20.1 Å². The van der Waals surface area contributed by atoms with Crippen LogP contribution in [0.15, 0.2) is 12.2 Å². The maximum atomic E-state index is 12.4. The Kier molecular flexibility index (Phi) is 45.0. The van der Waals surface area contributed by atoms with Gasteiger partial charge in [0.15, 0.2) is 0 Å². The van der Waals surface area contributed by atoms with Crippen LogP contribution in [0, 0.1) is 0 Å². The second-order valence-corrected chi connectivity index (χ2v) is 17.4. The molecule has 0 saturated carbocycles. The lowest BCUT2D eigenvalue weighted by atomic mass is 9.99. The molecule has 0 saturated heterocycles. The van der Waals surface area contributed by atoms with E-state index in [1.807, 2.05) is 0 Å². The maximum Gasteiger partial charge on any atom is 0.220 e. The SMILES string of the molecule is CCCCCCCCCCCCCC/C=C\CCCCCCCCCCCCCCCCCCC(=O)NC(CO)C(O)C(O)CCCCCCCCCCC. The van der Waals surface area contributed by atoms with Crippen LogP contribution in [0.5, 0.6) is 0 Å². The van der Waals surface area contributed by atoms with Crippen molar-refractivity contribution in [2.45, 2.75) is 295 Å². The first-order valence-electron chi connectivity index (χ1n) is 25.0. The van der Waals surface area contributed by atoms with Gasteiger partial charge in [0.1, 0.15) is 6.10 Å². The van der Waals surface area contributed by atoms with Crippen LogP contribution in [0.1, 0.15) is 277 Å². The molecule has 0 fully saturated rings. The number of aliphatic hydroxyl groups is 3. The molecule has 1 amide bonds. The molecule has 0 aromatic rings. The summed E-state index contributed by atoms with van der Waals surface area (Å²) in [5, 5.41) is 33.4. The van der Waals surface area contributed by atoms with Gasteiger partial charge >= 0.3 is 0 Å². The lowest BCUT2D eigenvalue weighted by Crippen LogP contribution is -2.50. The van der Waals surface area contributed by atoms with Crippen LogP contribution in [0.25, 0.3) is 0 Å². The quantitative estimate of drug-likeness (QED) is 0.0366. The standard InChI is InChI=1S/C50H99NO4/c1-3-5-7-9-11-13-14-15-16-17-18-19-20-21-22-23-24-25-26-27-28-29-30-31-32-33-34-35-37-39-41-43-45-49(54)51-47(46-52)50(55)48(53)44-42-40-38-36-12-10-8-6-4-2/h21-22,47-48,50,52-53,55H,3-20,23-46H2,1-2H3,(H,51,54)/b22-21-. The number of amides is 1. The van der Waals surface area contributed by atoms with E-state index in [2.05, 4.69) is 31.3 Å². The molecule has 4 N–H and O–H groups in total. The molecule has 0 aromatic carbocycles. The highest BCUT2D eigenvalue weighted by molar-refractivity contribution is 5.76. The van der Waals surface area contributed by atoms with Crippen LogP contribution < -0.4 is 5.32 Å². The van der Waals surface area contributed by atoms with Crippen molar-refractivity contribution < 1.29 is 20.1 Å². The number of hydrogen-bond donors (Lipinski definition) is 4. The maximum absolute atomic E-state index is 12.4. The molecule has 3 unspecified atom stereocenters. The summed E-state index contributed by atoms with van der Waals surface area (Å²) in [5.74, 6) is -0.142. The van der Waals surface area contributed by atoms with E-state index in [4.69, 9.17) is 0 Å². The molecule has 0 aromatic heterocycles. The lowest BCUT2D eigenvalue weighted by Gasteiger charge is -2.26. The minimum atomic E-state index is -1.13. The van der Waals surface area contributed by atoms with E-state index in [-0.39, 0.29) is 12.5 Å². The van der Waals surface area contributed by atoms with Gasteiger partial charge in [-0.3, -0.25) is 4.79 Å². The first kappa shape index (κ1) is 54.1. The van der Waals surface area contributed by atoms with Gasteiger partial charge in [-0.1, -0.05) is 244 Å². The first-order valence-corrected chi connectivity index (χ1v) is 25.0. The summed E-state index contributed by atoms with van der Waals surface area (Å²) in [7, 11) is 0. The molecule has 0 aliphatic heterocycles. The number of carbonyl (C=O) groups excluding carboxylic acids is 1. The van der Waals surface area contributed by atoms with Crippen LogP contribution >= 0.6 is 0 Å². The summed E-state index contributed by atoms with van der Waals surface area (Å²) < 4.78 is 0. The van der Waals surface area contributed by atoms with E-state index in [0.717, 1.165) is 38.5 Å². The molecule has 5 heteroatoms. The fraction of sp³-hybridized carbons (Fsp3) is 0.940. The van der Waals surface area contributed by atoms with E-state index in [1.54, 1.807) is 0 Å². The minimum absolute atomic E-state index is 0.142. The molecule has 0 heterocycles. The Hall–Kier alpha value is -0.910. The number of allylic oxidation sites excluding steroid dienone is 2. The van der Waals surface area contributed by atoms with Gasteiger partial charge in [-0.05, 0) is 38.5 Å². The van der Waals surface area contributed by atoms with Crippen LogP contribution in [-0.2, 0) is 4.79 Å². The van der Waals surface area contributed by atoms with E-state index < -0.39 is 18.2 Å². The van der Waals surface area contributed by atoms with Gasteiger partial charge in [0.2, 0.25) is 5.91 Å². The van der Waals surface area contributed by atoms with Crippen molar-refractivity contribution in [1.82, 2.24) is 5.32 Å². The molecule has 0 aliphatic carbocycles. The zero-order valence-electron chi connectivity index (χ0n) is 37.3. The van der Waals surface area contributed by atoms with E-state index >= 15 is 0 Å². The predicted octanol–water partition coefficient (Wildman–Crippen LogP) is 14.8. The van der Waals surface area contributed by atoms with Crippen molar-refractivity contribution in [2.24, 2.45) is 0 Å². The van der Waals surface area contributed by atoms with Crippen molar-refractivity contribution in [2.75, 3.05) is 6.61 Å². The van der Waals surface area contributed by atoms with Gasteiger partial charge in [-0.2, -0.15) is 0 Å². The third-order valence-electron chi connectivity index (χ3n) is 11.9. The van der Waals surface area contributed by atoms with Gasteiger partial charge < -0.3 is 20.6 Å². The number of hydrogen-bond acceptors (Lipinski definition) is 4.